The third-order valence-electron chi connectivity index (χ3n) is 5.64. The summed E-state index contributed by atoms with van der Waals surface area (Å²) in [6.45, 7) is 2.87. The molecule has 0 fully saturated rings. The van der Waals surface area contributed by atoms with Gasteiger partial charge in [0, 0.05) is 0 Å². The van der Waals surface area contributed by atoms with Crippen molar-refractivity contribution in [1.82, 2.24) is 5.32 Å². The number of alkyl halides is 3. The lowest BCUT2D eigenvalue weighted by atomic mass is 9.99. The van der Waals surface area contributed by atoms with Crippen LogP contribution in [0, 0.1) is 11.3 Å². The average molecular weight is 455 g/mol. The van der Waals surface area contributed by atoms with E-state index in [-0.39, 0.29) is 6.61 Å². The summed E-state index contributed by atoms with van der Waals surface area (Å²) >= 11 is 0. The second-order valence-corrected chi connectivity index (χ2v) is 11.4. The molecule has 2 atom stereocenters. The van der Waals surface area contributed by atoms with E-state index in [0.29, 0.717) is 5.56 Å². The SMILES string of the molecule is C[C@@](C#N)(N[C@@H](CO[Si](C)(c1ccccc1)c1ccccc1)c1ccccc1)C(F)(F)F. The van der Waals surface area contributed by atoms with E-state index in [9.17, 15) is 18.4 Å². The molecule has 0 unspecified atom stereocenters. The first-order chi connectivity index (χ1) is 15.2. The van der Waals surface area contributed by atoms with Gasteiger partial charge in [0.15, 0.2) is 0 Å². The maximum atomic E-state index is 13.7. The van der Waals surface area contributed by atoms with Gasteiger partial charge in [0.05, 0.1) is 18.7 Å². The number of rotatable bonds is 8. The van der Waals surface area contributed by atoms with E-state index in [2.05, 4.69) is 5.32 Å². The van der Waals surface area contributed by atoms with Gasteiger partial charge >= 0.3 is 6.18 Å². The van der Waals surface area contributed by atoms with Crippen LogP contribution in [0.4, 0.5) is 13.2 Å². The Bertz CT molecular complexity index is 1000. The van der Waals surface area contributed by atoms with Gasteiger partial charge in [-0.2, -0.15) is 18.4 Å². The summed E-state index contributed by atoms with van der Waals surface area (Å²) in [5, 5.41) is 13.9. The van der Waals surface area contributed by atoms with Crippen LogP contribution in [0.1, 0.15) is 18.5 Å². The Labute approximate surface area is 187 Å². The molecule has 166 valence electrons. The van der Waals surface area contributed by atoms with Gasteiger partial charge in [0.25, 0.3) is 8.32 Å². The van der Waals surface area contributed by atoms with E-state index >= 15 is 0 Å². The Balaban J connectivity index is 1.97. The van der Waals surface area contributed by atoms with Crippen molar-refractivity contribution in [3.8, 4) is 6.07 Å². The largest absolute Gasteiger partial charge is 0.419 e. The average Bonchev–Trinajstić information content (AvgIpc) is 2.82. The van der Waals surface area contributed by atoms with Gasteiger partial charge in [-0.15, -0.1) is 0 Å². The number of nitrogens with zero attached hydrogens (tertiary/aromatic N) is 1. The van der Waals surface area contributed by atoms with Crippen molar-refractivity contribution in [3.63, 3.8) is 0 Å². The highest BCUT2D eigenvalue weighted by molar-refractivity contribution is 6.96. The fourth-order valence-corrected chi connectivity index (χ4v) is 6.35. The Morgan fingerprint density at radius 1 is 0.875 bits per heavy atom. The van der Waals surface area contributed by atoms with Crippen molar-refractivity contribution >= 4 is 18.7 Å². The molecule has 0 radical (unpaired) electrons. The predicted octanol–water partition coefficient (Wildman–Crippen LogP) is 4.57. The van der Waals surface area contributed by atoms with Gasteiger partial charge in [-0.3, -0.25) is 5.32 Å². The monoisotopic (exact) mass is 454 g/mol. The highest BCUT2D eigenvalue weighted by Crippen LogP contribution is 2.32. The molecule has 0 spiro atoms. The molecule has 3 rings (SSSR count). The van der Waals surface area contributed by atoms with Gasteiger partial charge < -0.3 is 4.43 Å². The lowest BCUT2D eigenvalue weighted by Gasteiger charge is -2.35. The van der Waals surface area contributed by atoms with Crippen molar-refractivity contribution in [2.45, 2.75) is 31.2 Å². The molecule has 0 aliphatic heterocycles. The molecule has 0 aliphatic rings. The first-order valence-electron chi connectivity index (χ1n) is 10.3. The first kappa shape index (κ1) is 23.7. The number of hydrogen-bond acceptors (Lipinski definition) is 3. The number of hydrogen-bond donors (Lipinski definition) is 1. The number of nitrogens with one attached hydrogen (secondary N) is 1. The number of benzene rings is 3. The lowest BCUT2D eigenvalue weighted by Crippen LogP contribution is -2.60. The van der Waals surface area contributed by atoms with Crippen LogP contribution in [0.2, 0.25) is 6.55 Å². The summed E-state index contributed by atoms with van der Waals surface area (Å²) in [6.07, 6.45) is -4.74. The molecule has 0 amide bonds. The molecule has 0 saturated carbocycles. The minimum absolute atomic E-state index is 0.0239. The van der Waals surface area contributed by atoms with Crippen LogP contribution in [-0.2, 0) is 4.43 Å². The molecule has 0 saturated heterocycles. The standard InChI is InChI=1S/C25H25F3N2OSi/c1-24(19-29,25(26,27)28)30-23(20-12-6-3-7-13-20)18-31-32(2,21-14-8-4-9-15-21)22-16-10-5-11-17-22/h3-17,23,30H,18H2,1-2H3/t23-,24-/m0/s1. The van der Waals surface area contributed by atoms with Crippen LogP contribution in [0.3, 0.4) is 0 Å². The minimum Gasteiger partial charge on any atom is -0.406 e. The molecule has 0 heterocycles. The maximum absolute atomic E-state index is 13.7. The summed E-state index contributed by atoms with van der Waals surface area (Å²) in [4.78, 5) is 0. The van der Waals surface area contributed by atoms with Crippen LogP contribution in [0.25, 0.3) is 0 Å². The van der Waals surface area contributed by atoms with Crippen molar-refractivity contribution < 1.29 is 17.6 Å². The van der Waals surface area contributed by atoms with Crippen molar-refractivity contribution in [3.05, 3.63) is 96.6 Å². The van der Waals surface area contributed by atoms with Gasteiger partial charge in [-0.25, -0.2) is 0 Å². The molecule has 1 N–H and O–H groups in total. The van der Waals surface area contributed by atoms with E-state index in [1.165, 1.54) is 6.07 Å². The van der Waals surface area contributed by atoms with E-state index < -0.39 is 26.1 Å². The van der Waals surface area contributed by atoms with Crippen molar-refractivity contribution in [2.24, 2.45) is 0 Å². The molecule has 0 aliphatic carbocycles. The molecule has 3 nitrogen and oxygen atoms in total. The maximum Gasteiger partial charge on any atom is 0.419 e. The van der Waals surface area contributed by atoms with E-state index in [1.807, 2.05) is 67.2 Å². The Hall–Kier alpha value is -2.92. The molecule has 0 aromatic heterocycles. The molecular weight excluding hydrogens is 429 g/mol. The summed E-state index contributed by atoms with van der Waals surface area (Å²) in [5.74, 6) is 0. The fraction of sp³-hybridized carbons (Fsp3) is 0.240. The zero-order valence-corrected chi connectivity index (χ0v) is 18.9. The Morgan fingerprint density at radius 3 is 1.72 bits per heavy atom. The smallest absolute Gasteiger partial charge is 0.406 e. The van der Waals surface area contributed by atoms with Gasteiger partial charge in [0.1, 0.15) is 0 Å². The molecule has 0 bridgehead atoms. The van der Waals surface area contributed by atoms with Crippen LogP contribution < -0.4 is 15.7 Å². The minimum atomic E-state index is -4.74. The second kappa shape index (κ2) is 9.70. The van der Waals surface area contributed by atoms with Gasteiger partial charge in [0.2, 0.25) is 5.54 Å². The number of nitriles is 1. The summed E-state index contributed by atoms with van der Waals surface area (Å²) in [5.41, 5.74) is -2.09. The molecule has 3 aromatic carbocycles. The molecule has 7 heteroatoms. The zero-order valence-electron chi connectivity index (χ0n) is 17.9. The quantitative estimate of drug-likeness (QED) is 0.507. The zero-order chi connectivity index (χ0) is 23.2. The molecule has 3 aromatic rings. The van der Waals surface area contributed by atoms with E-state index in [0.717, 1.165) is 17.3 Å². The fourth-order valence-electron chi connectivity index (χ4n) is 3.53. The van der Waals surface area contributed by atoms with Crippen molar-refractivity contribution in [2.75, 3.05) is 6.61 Å². The lowest BCUT2D eigenvalue weighted by molar-refractivity contribution is -0.176. The molecule has 32 heavy (non-hydrogen) atoms. The third kappa shape index (κ3) is 5.10. The Kier molecular flexibility index (Phi) is 7.19. The van der Waals surface area contributed by atoms with Crippen LogP contribution in [0.5, 0.6) is 0 Å². The Morgan fingerprint density at radius 2 is 1.31 bits per heavy atom. The van der Waals surface area contributed by atoms with E-state index in [4.69, 9.17) is 4.43 Å². The van der Waals surface area contributed by atoms with E-state index in [1.54, 1.807) is 30.3 Å². The first-order valence-corrected chi connectivity index (χ1v) is 12.7. The van der Waals surface area contributed by atoms with Gasteiger partial charge in [-0.1, -0.05) is 91.0 Å². The number of halogens is 3. The highest BCUT2D eigenvalue weighted by atomic mass is 28.4. The van der Waals surface area contributed by atoms with Crippen LogP contribution in [0.15, 0.2) is 91.0 Å². The van der Waals surface area contributed by atoms with Gasteiger partial charge in [-0.05, 0) is 29.4 Å². The highest BCUT2D eigenvalue weighted by Gasteiger charge is 2.53. The van der Waals surface area contributed by atoms with Crippen LogP contribution >= 0.6 is 0 Å². The summed E-state index contributed by atoms with van der Waals surface area (Å²) in [6, 6.07) is 28.8. The summed E-state index contributed by atoms with van der Waals surface area (Å²) < 4.78 is 47.5. The molecular formula is C25H25F3N2OSi. The van der Waals surface area contributed by atoms with Crippen molar-refractivity contribution in [1.29, 1.82) is 5.26 Å². The second-order valence-electron chi connectivity index (χ2n) is 7.92. The topological polar surface area (TPSA) is 45.0 Å². The summed E-state index contributed by atoms with van der Waals surface area (Å²) in [7, 11) is -2.73. The predicted molar refractivity (Wildman–Crippen MR) is 122 cm³/mol. The third-order valence-corrected chi connectivity index (χ3v) is 9.26. The van der Waals surface area contributed by atoms with Crippen LogP contribution in [-0.4, -0.2) is 26.6 Å². The normalized spacial score (nSPS) is 14.9.